The second-order valence-corrected chi connectivity index (χ2v) is 7.28. The van der Waals surface area contributed by atoms with E-state index in [1.165, 1.54) is 4.68 Å². The average Bonchev–Trinajstić information content (AvgIpc) is 3.27. The quantitative estimate of drug-likeness (QED) is 0.604. The first-order chi connectivity index (χ1) is 15.0. The summed E-state index contributed by atoms with van der Waals surface area (Å²) in [5, 5.41) is 11.3. The highest BCUT2D eigenvalue weighted by Crippen LogP contribution is 2.14. The predicted octanol–water partition coefficient (Wildman–Crippen LogP) is 1.77. The van der Waals surface area contributed by atoms with Gasteiger partial charge in [0.1, 0.15) is 12.4 Å². The van der Waals surface area contributed by atoms with Crippen molar-refractivity contribution in [2.75, 3.05) is 11.9 Å². The number of aromatic nitrogens is 5. The molecular formula is C21H24N6O4. The fourth-order valence-corrected chi connectivity index (χ4v) is 3.54. The third-order valence-electron chi connectivity index (χ3n) is 5.06. The van der Waals surface area contributed by atoms with Gasteiger partial charge in [-0.2, -0.15) is 10.2 Å². The molecule has 0 radical (unpaired) electrons. The van der Waals surface area contributed by atoms with Crippen LogP contribution in [0.2, 0.25) is 0 Å². The molecule has 31 heavy (non-hydrogen) atoms. The van der Waals surface area contributed by atoms with Crippen molar-refractivity contribution in [1.29, 1.82) is 0 Å². The highest BCUT2D eigenvalue weighted by molar-refractivity contribution is 5.90. The zero-order valence-electron chi connectivity index (χ0n) is 17.3. The van der Waals surface area contributed by atoms with Crippen LogP contribution in [0.5, 0.6) is 0 Å². The molecule has 0 saturated carbocycles. The molecule has 0 atom stereocenters. The summed E-state index contributed by atoms with van der Waals surface area (Å²) >= 11 is 0. The summed E-state index contributed by atoms with van der Waals surface area (Å²) in [6.07, 6.45) is 5.47. The van der Waals surface area contributed by atoms with Crippen LogP contribution in [0.3, 0.4) is 0 Å². The maximum Gasteiger partial charge on any atom is 0.358 e. The zero-order chi connectivity index (χ0) is 21.8. The molecule has 1 aliphatic heterocycles. The highest BCUT2D eigenvalue weighted by atomic mass is 16.5. The first-order valence-electron chi connectivity index (χ1n) is 10.3. The van der Waals surface area contributed by atoms with Crippen LogP contribution in [0.4, 0.5) is 5.69 Å². The van der Waals surface area contributed by atoms with E-state index in [0.717, 1.165) is 37.2 Å². The molecule has 1 aliphatic rings. The van der Waals surface area contributed by atoms with Crippen molar-refractivity contribution >= 4 is 17.6 Å². The van der Waals surface area contributed by atoms with Gasteiger partial charge in [-0.25, -0.2) is 19.0 Å². The second kappa shape index (κ2) is 8.99. The SMILES string of the molecule is CCOC(=O)c1ccn(-c2ccc(NC(=O)Cn3nc4n(c3=O)CCCCC4)cc2)n1. The number of fused-ring (bicyclic) bond motifs is 1. The predicted molar refractivity (Wildman–Crippen MR) is 112 cm³/mol. The molecule has 0 bridgehead atoms. The fraction of sp³-hybridized carbons (Fsp3) is 0.381. The van der Waals surface area contributed by atoms with Gasteiger partial charge < -0.3 is 10.1 Å². The van der Waals surface area contributed by atoms with Crippen molar-refractivity contribution in [3.05, 3.63) is 58.5 Å². The van der Waals surface area contributed by atoms with Gasteiger partial charge in [0.15, 0.2) is 5.69 Å². The van der Waals surface area contributed by atoms with Crippen molar-refractivity contribution in [3.8, 4) is 5.69 Å². The lowest BCUT2D eigenvalue weighted by Gasteiger charge is -2.07. The standard InChI is InChI=1S/C21H24N6O4/c1-2-31-20(29)17-11-13-26(23-17)16-9-7-15(8-10-16)22-19(28)14-27-21(30)25-12-5-3-4-6-18(25)24-27/h7-11,13H,2-6,12,14H2,1H3,(H,22,28). The molecule has 0 spiro atoms. The lowest BCUT2D eigenvalue weighted by atomic mass is 10.2. The number of hydrogen-bond donors (Lipinski definition) is 1. The number of hydrogen-bond acceptors (Lipinski definition) is 6. The van der Waals surface area contributed by atoms with Gasteiger partial charge in [0, 0.05) is 24.8 Å². The van der Waals surface area contributed by atoms with E-state index in [1.54, 1.807) is 52.7 Å². The Bertz CT molecular complexity index is 1140. The molecule has 0 unspecified atom stereocenters. The molecular weight excluding hydrogens is 400 g/mol. The van der Waals surface area contributed by atoms with Crippen molar-refractivity contribution in [1.82, 2.24) is 24.1 Å². The molecule has 2 aromatic heterocycles. The van der Waals surface area contributed by atoms with Crippen molar-refractivity contribution in [2.45, 2.75) is 45.7 Å². The van der Waals surface area contributed by atoms with E-state index in [4.69, 9.17) is 4.74 Å². The van der Waals surface area contributed by atoms with Crippen LogP contribution in [0.15, 0.2) is 41.3 Å². The average molecular weight is 424 g/mol. The molecule has 0 aliphatic carbocycles. The van der Waals surface area contributed by atoms with Crippen LogP contribution in [-0.4, -0.2) is 42.6 Å². The Labute approximate surface area is 178 Å². The molecule has 0 saturated heterocycles. The van der Waals surface area contributed by atoms with E-state index in [-0.39, 0.29) is 30.4 Å². The minimum Gasteiger partial charge on any atom is -0.461 e. The molecule has 1 N–H and O–H groups in total. The summed E-state index contributed by atoms with van der Waals surface area (Å²) in [5.41, 5.74) is 1.30. The number of carbonyl (C=O) groups excluding carboxylic acids is 2. The van der Waals surface area contributed by atoms with Crippen molar-refractivity contribution in [3.63, 3.8) is 0 Å². The van der Waals surface area contributed by atoms with E-state index in [0.29, 0.717) is 12.2 Å². The number of esters is 1. The van der Waals surface area contributed by atoms with Gasteiger partial charge in [0.25, 0.3) is 0 Å². The van der Waals surface area contributed by atoms with E-state index in [9.17, 15) is 14.4 Å². The number of nitrogens with zero attached hydrogens (tertiary/aromatic N) is 5. The van der Waals surface area contributed by atoms with Crippen LogP contribution in [0.1, 0.15) is 42.5 Å². The number of benzene rings is 1. The van der Waals surface area contributed by atoms with Crippen molar-refractivity contribution < 1.29 is 14.3 Å². The third-order valence-corrected chi connectivity index (χ3v) is 5.06. The van der Waals surface area contributed by atoms with Gasteiger partial charge in [0.2, 0.25) is 5.91 Å². The minimum atomic E-state index is -0.475. The fourth-order valence-electron chi connectivity index (χ4n) is 3.54. The topological polar surface area (TPSA) is 113 Å². The zero-order valence-corrected chi connectivity index (χ0v) is 17.3. The molecule has 10 heteroatoms. The van der Waals surface area contributed by atoms with E-state index >= 15 is 0 Å². The summed E-state index contributed by atoms with van der Waals surface area (Å²) in [4.78, 5) is 36.7. The summed E-state index contributed by atoms with van der Waals surface area (Å²) in [6.45, 7) is 2.54. The molecule has 3 aromatic rings. The lowest BCUT2D eigenvalue weighted by Crippen LogP contribution is -2.30. The summed E-state index contributed by atoms with van der Waals surface area (Å²) < 4.78 is 9.39. The molecule has 4 rings (SSSR count). The Morgan fingerprint density at radius 3 is 2.68 bits per heavy atom. The third kappa shape index (κ3) is 4.57. The van der Waals surface area contributed by atoms with Gasteiger partial charge >= 0.3 is 11.7 Å². The first-order valence-corrected chi connectivity index (χ1v) is 10.3. The monoisotopic (exact) mass is 424 g/mol. The molecule has 3 heterocycles. The van der Waals surface area contributed by atoms with Gasteiger partial charge in [-0.05, 0) is 50.1 Å². The smallest absolute Gasteiger partial charge is 0.358 e. The number of aryl methyl sites for hydroxylation is 1. The molecule has 1 aromatic carbocycles. The first kappa shape index (κ1) is 20.6. The normalized spacial score (nSPS) is 13.3. The van der Waals surface area contributed by atoms with Gasteiger partial charge in [-0.3, -0.25) is 9.36 Å². The van der Waals surface area contributed by atoms with Crippen LogP contribution in [0.25, 0.3) is 5.69 Å². The Kier molecular flexibility index (Phi) is 5.96. The summed E-state index contributed by atoms with van der Waals surface area (Å²) in [6, 6.07) is 8.57. The van der Waals surface area contributed by atoms with E-state index < -0.39 is 5.97 Å². The van der Waals surface area contributed by atoms with E-state index in [2.05, 4.69) is 15.5 Å². The molecule has 0 fully saturated rings. The number of carbonyl (C=O) groups is 2. The van der Waals surface area contributed by atoms with Crippen LogP contribution < -0.4 is 11.0 Å². The van der Waals surface area contributed by atoms with Gasteiger partial charge in [0.05, 0.1) is 12.3 Å². The Morgan fingerprint density at radius 2 is 1.90 bits per heavy atom. The highest BCUT2D eigenvalue weighted by Gasteiger charge is 2.17. The maximum atomic E-state index is 12.5. The number of anilines is 1. The summed E-state index contributed by atoms with van der Waals surface area (Å²) in [7, 11) is 0. The lowest BCUT2D eigenvalue weighted by molar-refractivity contribution is -0.117. The Balaban J connectivity index is 1.40. The van der Waals surface area contributed by atoms with E-state index in [1.807, 2.05) is 0 Å². The Morgan fingerprint density at radius 1 is 1.10 bits per heavy atom. The number of amides is 1. The van der Waals surface area contributed by atoms with Crippen LogP contribution >= 0.6 is 0 Å². The second-order valence-electron chi connectivity index (χ2n) is 7.28. The number of ether oxygens (including phenoxy) is 1. The van der Waals surface area contributed by atoms with Crippen LogP contribution in [-0.2, 0) is 29.0 Å². The molecule has 10 nitrogen and oxygen atoms in total. The Hall–Kier alpha value is -3.69. The molecule has 1 amide bonds. The van der Waals surface area contributed by atoms with Crippen molar-refractivity contribution in [2.24, 2.45) is 0 Å². The number of rotatable bonds is 6. The molecule has 162 valence electrons. The van der Waals surface area contributed by atoms with Crippen LogP contribution in [0, 0.1) is 0 Å². The number of nitrogens with one attached hydrogen (secondary N) is 1. The minimum absolute atomic E-state index is 0.136. The van der Waals surface area contributed by atoms with Gasteiger partial charge in [-0.1, -0.05) is 6.42 Å². The maximum absolute atomic E-state index is 12.5. The van der Waals surface area contributed by atoms with Gasteiger partial charge in [-0.15, -0.1) is 0 Å². The largest absolute Gasteiger partial charge is 0.461 e. The summed E-state index contributed by atoms with van der Waals surface area (Å²) in [5.74, 6) is -0.0511.